The Kier molecular flexibility index (Phi) is 8.41. The molecule has 2 radical (unpaired) electrons. The molecular weight excluding hydrogens is 661 g/mol. The van der Waals surface area contributed by atoms with E-state index in [-0.39, 0.29) is 11.6 Å². The summed E-state index contributed by atoms with van der Waals surface area (Å²) in [6, 6.07) is 62.4. The van der Waals surface area contributed by atoms with Crippen molar-refractivity contribution in [1.29, 1.82) is 0 Å². The molecule has 0 spiro atoms. The van der Waals surface area contributed by atoms with Crippen molar-refractivity contribution in [2.75, 3.05) is 5.32 Å². The van der Waals surface area contributed by atoms with Crippen LogP contribution in [0.1, 0.15) is 47.8 Å². The van der Waals surface area contributed by atoms with Crippen molar-refractivity contribution in [3.8, 4) is 22.3 Å². The molecule has 0 fully saturated rings. The van der Waals surface area contributed by atoms with Gasteiger partial charge < -0.3 is 10.6 Å². The number of nitrogens with one attached hydrogen (secondary N) is 2. The lowest BCUT2D eigenvalue weighted by molar-refractivity contribution is 0.660. The Morgan fingerprint density at radius 1 is 0.509 bits per heavy atom. The van der Waals surface area contributed by atoms with Gasteiger partial charge >= 0.3 is 0 Å². The smallest absolute Gasteiger partial charge is 0.169 e. The van der Waals surface area contributed by atoms with Gasteiger partial charge in [-0.2, -0.15) is 0 Å². The number of nitrogens with zero attached hydrogens (tertiary/aromatic N) is 2. The topological polar surface area (TPSA) is 48.8 Å². The number of amidine groups is 2. The van der Waals surface area contributed by atoms with Gasteiger partial charge in [0.1, 0.15) is 21.2 Å². The third-order valence-electron chi connectivity index (χ3n) is 10.3. The summed E-state index contributed by atoms with van der Waals surface area (Å²) in [4.78, 5) is 10.3. The molecule has 0 amide bonds. The van der Waals surface area contributed by atoms with Gasteiger partial charge in [0.15, 0.2) is 6.17 Å². The monoisotopic (exact) mass is 698 g/mol. The van der Waals surface area contributed by atoms with Crippen molar-refractivity contribution in [2.24, 2.45) is 9.98 Å². The Hall–Kier alpha value is -6.30. The van der Waals surface area contributed by atoms with Crippen LogP contribution in [-0.4, -0.2) is 21.2 Å². The van der Waals surface area contributed by atoms with Crippen LogP contribution in [-0.2, 0) is 5.41 Å². The van der Waals surface area contributed by atoms with Gasteiger partial charge in [-0.3, -0.25) is 0 Å². The number of rotatable bonds is 8. The second kappa shape index (κ2) is 13.7. The molecule has 0 saturated carbocycles. The normalized spacial score (nSPS) is 15.4. The Labute approximate surface area is 313 Å². The third-order valence-corrected chi connectivity index (χ3v) is 11.5. The molecule has 254 valence electrons. The molecule has 1 unspecified atom stereocenters. The van der Waals surface area contributed by atoms with Crippen LogP contribution in [0, 0.1) is 0 Å². The highest BCUT2D eigenvalue weighted by Gasteiger charge is 2.36. The minimum Gasteiger partial charge on any atom is -0.355 e. The van der Waals surface area contributed by atoms with Crippen LogP contribution in [0.25, 0.3) is 22.3 Å². The van der Waals surface area contributed by atoms with Crippen LogP contribution < -0.4 is 21.0 Å². The van der Waals surface area contributed by atoms with E-state index in [9.17, 15) is 0 Å². The molecule has 9 rings (SSSR count). The maximum Gasteiger partial charge on any atom is 0.169 e. The summed E-state index contributed by atoms with van der Waals surface area (Å²) in [5, 5.41) is 10.1. The Morgan fingerprint density at radius 3 is 1.87 bits per heavy atom. The van der Waals surface area contributed by atoms with E-state index in [1.54, 1.807) is 0 Å². The Morgan fingerprint density at radius 2 is 1.11 bits per heavy atom. The van der Waals surface area contributed by atoms with Crippen molar-refractivity contribution in [2.45, 2.75) is 25.4 Å². The highest BCUT2D eigenvalue weighted by Crippen LogP contribution is 2.51. The van der Waals surface area contributed by atoms with Crippen molar-refractivity contribution in [3.05, 3.63) is 204 Å². The van der Waals surface area contributed by atoms with E-state index in [2.05, 4.69) is 194 Å². The molecule has 5 heteroatoms. The van der Waals surface area contributed by atoms with Crippen LogP contribution in [0.4, 0.5) is 11.4 Å². The zero-order valence-electron chi connectivity index (χ0n) is 29.7. The average molecular weight is 699 g/mol. The van der Waals surface area contributed by atoms with E-state index in [1.807, 2.05) is 6.07 Å². The van der Waals surface area contributed by atoms with E-state index < -0.39 is 0 Å². The lowest BCUT2D eigenvalue weighted by atomic mass is 9.82. The number of fused-ring (bicyclic) bond motifs is 3. The number of aliphatic imine (C=N–C) groups is 2. The molecule has 4 nitrogen and oxygen atoms in total. The molecular formula is C48H38N4Si. The Balaban J connectivity index is 1.08. The predicted octanol–water partition coefficient (Wildman–Crippen LogP) is 9.55. The first-order valence-corrected chi connectivity index (χ1v) is 19.1. The highest BCUT2D eigenvalue weighted by molar-refractivity contribution is 6.67. The van der Waals surface area contributed by atoms with Crippen molar-refractivity contribution >= 4 is 42.9 Å². The number of hydrogen-bond donors (Lipinski definition) is 2. The standard InChI is InChI=1S/C48H38N4Si/c1-48(2)42-27-13-12-26-39(42)41-30-40(32-16-6-3-7-17-32)44(31-43(41)48)49-36-22-14-20-34(28-36)46-50-45(33-18-8-4-9-19-33)51-47(52-46)35-21-15-25-38(29-35)53-37-23-10-5-11-24-37/h3-31,45,49H,1-2H3,(H,50,51,52). The summed E-state index contributed by atoms with van der Waals surface area (Å²) in [5.41, 5.74) is 12.7. The number of benzene rings is 7. The fourth-order valence-electron chi connectivity index (χ4n) is 7.56. The van der Waals surface area contributed by atoms with Gasteiger partial charge in [0.25, 0.3) is 0 Å². The highest BCUT2D eigenvalue weighted by atomic mass is 28.2. The van der Waals surface area contributed by atoms with E-state index in [4.69, 9.17) is 9.98 Å². The SMILES string of the molecule is CC1(C)c2ccccc2-c2cc(-c3ccccc3)c(Nc3cccc(C4=NC(c5ccccc5)N=C(c5cccc([Si]c6ccccc6)c5)N4)c3)cc21. The molecule has 53 heavy (non-hydrogen) atoms. The predicted molar refractivity (Wildman–Crippen MR) is 222 cm³/mol. The maximum absolute atomic E-state index is 5.18. The maximum atomic E-state index is 5.18. The number of anilines is 2. The first-order chi connectivity index (χ1) is 26.0. The largest absolute Gasteiger partial charge is 0.355 e. The van der Waals surface area contributed by atoms with Gasteiger partial charge in [-0.15, -0.1) is 0 Å². The molecule has 1 aliphatic carbocycles. The summed E-state index contributed by atoms with van der Waals surface area (Å²) in [7, 11) is 0.561. The van der Waals surface area contributed by atoms with Crippen molar-refractivity contribution in [1.82, 2.24) is 5.32 Å². The molecule has 7 aromatic carbocycles. The summed E-state index contributed by atoms with van der Waals surface area (Å²) in [5.74, 6) is 1.60. The molecule has 1 atom stereocenters. The lowest BCUT2D eigenvalue weighted by Gasteiger charge is -2.24. The second-order valence-electron chi connectivity index (χ2n) is 14.1. The lowest BCUT2D eigenvalue weighted by Crippen LogP contribution is -2.37. The fraction of sp³-hybridized carbons (Fsp3) is 0.0833. The van der Waals surface area contributed by atoms with Crippen LogP contribution in [0.2, 0.25) is 0 Å². The minimum atomic E-state index is -0.371. The van der Waals surface area contributed by atoms with Crippen LogP contribution in [0.5, 0.6) is 0 Å². The third kappa shape index (κ3) is 6.41. The minimum absolute atomic E-state index is 0.110. The van der Waals surface area contributed by atoms with Gasteiger partial charge in [0, 0.05) is 33.5 Å². The van der Waals surface area contributed by atoms with Gasteiger partial charge in [-0.1, -0.05) is 176 Å². The fourth-order valence-corrected chi connectivity index (χ4v) is 8.66. The van der Waals surface area contributed by atoms with Crippen LogP contribution >= 0.6 is 0 Å². The number of hydrogen-bond acceptors (Lipinski definition) is 4. The quantitative estimate of drug-likeness (QED) is 0.155. The molecule has 1 aliphatic heterocycles. The molecule has 0 saturated heterocycles. The van der Waals surface area contributed by atoms with E-state index in [0.717, 1.165) is 39.7 Å². The van der Waals surface area contributed by atoms with E-state index in [0.29, 0.717) is 9.52 Å². The van der Waals surface area contributed by atoms with Crippen molar-refractivity contribution in [3.63, 3.8) is 0 Å². The zero-order valence-corrected chi connectivity index (χ0v) is 30.7. The summed E-state index contributed by atoms with van der Waals surface area (Å²) in [6.07, 6.45) is -0.371. The molecule has 0 aromatic heterocycles. The summed E-state index contributed by atoms with van der Waals surface area (Å²) in [6.45, 7) is 4.66. The average Bonchev–Trinajstić information content (AvgIpc) is 3.43. The van der Waals surface area contributed by atoms with E-state index in [1.165, 1.54) is 43.8 Å². The summed E-state index contributed by atoms with van der Waals surface area (Å²) >= 11 is 0. The van der Waals surface area contributed by atoms with Gasteiger partial charge in [0.2, 0.25) is 0 Å². The van der Waals surface area contributed by atoms with Crippen LogP contribution in [0.15, 0.2) is 186 Å². The first-order valence-electron chi connectivity index (χ1n) is 18.1. The molecule has 0 bridgehead atoms. The van der Waals surface area contributed by atoms with Gasteiger partial charge in [-0.25, -0.2) is 9.98 Å². The van der Waals surface area contributed by atoms with E-state index >= 15 is 0 Å². The molecule has 2 N–H and O–H groups in total. The van der Waals surface area contributed by atoms with Gasteiger partial charge in [-0.05, 0) is 57.6 Å². The summed E-state index contributed by atoms with van der Waals surface area (Å²) < 4.78 is 0. The molecule has 7 aromatic rings. The second-order valence-corrected chi connectivity index (χ2v) is 15.5. The molecule has 2 aliphatic rings. The molecule has 1 heterocycles. The zero-order chi connectivity index (χ0) is 35.8. The Bertz CT molecular complexity index is 2510. The first kappa shape index (κ1) is 32.6. The van der Waals surface area contributed by atoms with Gasteiger partial charge in [0.05, 0.1) is 0 Å². The van der Waals surface area contributed by atoms with Crippen LogP contribution in [0.3, 0.4) is 0 Å². The van der Waals surface area contributed by atoms with Crippen molar-refractivity contribution < 1.29 is 0 Å².